The maximum Gasteiger partial charge on any atom is 0.240 e. The van der Waals surface area contributed by atoms with Crippen LogP contribution in [0.5, 0.6) is 5.75 Å². The number of aromatic nitrogens is 3. The van der Waals surface area contributed by atoms with Gasteiger partial charge in [0.25, 0.3) is 0 Å². The van der Waals surface area contributed by atoms with Crippen LogP contribution in [0.4, 0.5) is 5.69 Å². The topological polar surface area (TPSA) is 81.1 Å². The molecule has 0 saturated carbocycles. The number of hydrogen-bond acceptors (Lipinski definition) is 6. The van der Waals surface area contributed by atoms with Crippen LogP contribution < -0.4 is 15.5 Å². The number of anilines is 1. The molecule has 1 aliphatic rings. The minimum absolute atomic E-state index is 0.181. The zero-order chi connectivity index (χ0) is 20.5. The molecule has 1 aliphatic heterocycles. The highest BCUT2D eigenvalue weighted by atomic mass is 79.9. The third-order valence-corrected chi connectivity index (χ3v) is 6.69. The van der Waals surface area contributed by atoms with Crippen molar-refractivity contribution in [1.82, 2.24) is 14.9 Å². The van der Waals surface area contributed by atoms with Gasteiger partial charge in [-0.3, -0.25) is 4.79 Å². The number of rotatable bonds is 4. The van der Waals surface area contributed by atoms with Crippen molar-refractivity contribution < 1.29 is 9.53 Å². The molecule has 0 radical (unpaired) electrons. The summed E-state index contributed by atoms with van der Waals surface area (Å²) in [5.41, 5.74) is 4.86. The fourth-order valence-electron chi connectivity index (χ4n) is 3.05. The van der Waals surface area contributed by atoms with Crippen LogP contribution in [0, 0.1) is 6.92 Å². The smallest absolute Gasteiger partial charge is 0.240 e. The maximum absolute atomic E-state index is 13.2. The zero-order valence-corrected chi connectivity index (χ0v) is 18.7. The number of fused-ring (bicyclic) bond motifs is 1. The van der Waals surface area contributed by atoms with Gasteiger partial charge >= 0.3 is 0 Å². The summed E-state index contributed by atoms with van der Waals surface area (Å²) in [6.45, 7) is 1.86. The van der Waals surface area contributed by atoms with E-state index in [1.54, 1.807) is 23.9 Å². The van der Waals surface area contributed by atoms with Crippen LogP contribution in [0.2, 0.25) is 5.02 Å². The van der Waals surface area contributed by atoms with Gasteiger partial charge in [-0.15, -0.1) is 10.2 Å². The Morgan fingerprint density at radius 1 is 1.31 bits per heavy atom. The van der Waals surface area contributed by atoms with Gasteiger partial charge in [-0.1, -0.05) is 41.6 Å². The quantitative estimate of drug-likeness (QED) is 0.559. The number of carbonyl (C=O) groups excluding carboxylic acids is 1. The number of thioether (sulfide) groups is 1. The predicted octanol–water partition coefficient (Wildman–Crippen LogP) is 4.41. The van der Waals surface area contributed by atoms with E-state index in [-0.39, 0.29) is 11.9 Å². The molecular formula is C19H17BrClN5O2S. The van der Waals surface area contributed by atoms with Crippen molar-refractivity contribution in [2.45, 2.75) is 23.4 Å². The third-order valence-electron chi connectivity index (χ3n) is 4.52. The maximum atomic E-state index is 13.2. The number of halogens is 2. The lowest BCUT2D eigenvalue weighted by Crippen LogP contribution is -2.41. The molecule has 0 bridgehead atoms. The first-order valence-corrected chi connectivity index (χ1v) is 10.8. The Bertz CT molecular complexity index is 1080. The van der Waals surface area contributed by atoms with E-state index in [9.17, 15) is 4.79 Å². The molecule has 2 heterocycles. The number of para-hydroxylation sites is 1. The molecule has 29 heavy (non-hydrogen) atoms. The minimum Gasteiger partial charge on any atom is -0.496 e. The van der Waals surface area contributed by atoms with E-state index in [1.165, 1.54) is 11.8 Å². The molecule has 0 fully saturated rings. The lowest BCUT2D eigenvalue weighted by atomic mass is 10.0. The van der Waals surface area contributed by atoms with E-state index in [0.29, 0.717) is 15.9 Å². The monoisotopic (exact) mass is 493 g/mol. The summed E-state index contributed by atoms with van der Waals surface area (Å²) in [6, 6.07) is 12.6. The first-order chi connectivity index (χ1) is 14.0. The summed E-state index contributed by atoms with van der Waals surface area (Å²) < 4.78 is 7.93. The largest absolute Gasteiger partial charge is 0.496 e. The summed E-state index contributed by atoms with van der Waals surface area (Å²) in [5, 5.41) is 11.8. The molecule has 0 spiro atoms. The summed E-state index contributed by atoms with van der Waals surface area (Å²) in [5.74, 6) is 1.25. The summed E-state index contributed by atoms with van der Waals surface area (Å²) >= 11 is 11.1. The van der Waals surface area contributed by atoms with Gasteiger partial charge in [0.05, 0.1) is 28.3 Å². The van der Waals surface area contributed by atoms with E-state index in [2.05, 4.69) is 36.9 Å². The van der Waals surface area contributed by atoms with Crippen LogP contribution in [-0.2, 0) is 4.79 Å². The van der Waals surface area contributed by atoms with Gasteiger partial charge in [-0.05, 0) is 52.7 Å². The first-order valence-electron chi connectivity index (χ1n) is 8.72. The van der Waals surface area contributed by atoms with Crippen LogP contribution in [0.1, 0.15) is 17.4 Å². The van der Waals surface area contributed by atoms with E-state index in [1.807, 2.05) is 37.3 Å². The van der Waals surface area contributed by atoms with Crippen molar-refractivity contribution in [1.29, 1.82) is 0 Å². The molecule has 10 heteroatoms. The molecule has 1 amide bonds. The average Bonchev–Trinajstić information content (AvgIpc) is 3.08. The second-order valence-electron chi connectivity index (χ2n) is 6.37. The Kier molecular flexibility index (Phi) is 5.71. The van der Waals surface area contributed by atoms with Gasteiger partial charge in [-0.25, -0.2) is 4.68 Å². The molecule has 2 atom stereocenters. The Hall–Kier alpha value is -2.23. The van der Waals surface area contributed by atoms with Gasteiger partial charge in [0.2, 0.25) is 11.1 Å². The Balaban J connectivity index is 1.70. The molecule has 0 saturated heterocycles. The van der Waals surface area contributed by atoms with E-state index < -0.39 is 5.25 Å². The zero-order valence-electron chi connectivity index (χ0n) is 15.5. The van der Waals surface area contributed by atoms with Crippen molar-refractivity contribution in [3.05, 3.63) is 63.3 Å². The first kappa shape index (κ1) is 20.1. The number of aryl methyl sites for hydroxylation is 1. The molecule has 2 N–H and O–H groups in total. The van der Waals surface area contributed by atoms with Gasteiger partial charge in [0.15, 0.2) is 0 Å². The molecule has 1 aromatic heterocycles. The number of hydrogen-bond donors (Lipinski definition) is 2. The van der Waals surface area contributed by atoms with E-state index in [0.717, 1.165) is 21.6 Å². The molecule has 2 unspecified atom stereocenters. The Morgan fingerprint density at radius 3 is 2.83 bits per heavy atom. The highest BCUT2D eigenvalue weighted by molar-refractivity contribution is 9.10. The van der Waals surface area contributed by atoms with Crippen LogP contribution in [0.25, 0.3) is 0 Å². The summed E-state index contributed by atoms with van der Waals surface area (Å²) in [7, 11) is 1.61. The molecule has 0 aliphatic carbocycles. The summed E-state index contributed by atoms with van der Waals surface area (Å²) in [4.78, 5) is 13.2. The number of amides is 1. The normalized spacial score (nSPS) is 17.9. The molecule has 7 nitrogen and oxygen atoms in total. The van der Waals surface area contributed by atoms with Crippen molar-refractivity contribution >= 4 is 50.9 Å². The van der Waals surface area contributed by atoms with Gasteiger partial charge in [-0.2, -0.15) is 0 Å². The van der Waals surface area contributed by atoms with Crippen LogP contribution >= 0.6 is 39.3 Å². The number of carbonyl (C=O) groups is 1. The van der Waals surface area contributed by atoms with Crippen LogP contribution in [0.3, 0.4) is 0 Å². The fraction of sp³-hybridized carbons (Fsp3) is 0.211. The lowest BCUT2D eigenvalue weighted by Gasteiger charge is -2.33. The minimum atomic E-state index is -0.498. The van der Waals surface area contributed by atoms with Crippen LogP contribution in [-0.4, -0.2) is 33.1 Å². The highest BCUT2D eigenvalue weighted by Gasteiger charge is 2.37. The molecular weight excluding hydrogens is 478 g/mol. The molecule has 2 aromatic carbocycles. The Labute approximate surface area is 185 Å². The molecule has 3 aromatic rings. The standard InChI is InChI=1S/C19H17BrClN5O2S/c1-10-23-24-19-26(10)25-16(11-7-8-15(28-2)12(20)9-11)17(29-19)18(27)22-14-6-4-3-5-13(14)21/h3-9,16-17,25H,1-2H3,(H,22,27). The molecule has 150 valence electrons. The second kappa shape index (κ2) is 8.25. The fourth-order valence-corrected chi connectivity index (χ4v) is 4.92. The third kappa shape index (κ3) is 3.94. The van der Waals surface area contributed by atoms with Crippen molar-refractivity contribution in [2.75, 3.05) is 17.9 Å². The average molecular weight is 495 g/mol. The highest BCUT2D eigenvalue weighted by Crippen LogP contribution is 2.39. The van der Waals surface area contributed by atoms with Crippen molar-refractivity contribution in [3.8, 4) is 5.75 Å². The number of nitrogens with zero attached hydrogens (tertiary/aromatic N) is 3. The van der Waals surface area contributed by atoms with E-state index >= 15 is 0 Å². The SMILES string of the molecule is COc1ccc(C2Nn3c(C)nnc3SC2C(=O)Nc2ccccc2Cl)cc1Br. The van der Waals surface area contributed by atoms with Gasteiger partial charge in [0, 0.05) is 0 Å². The second-order valence-corrected chi connectivity index (χ2v) is 8.74. The van der Waals surface area contributed by atoms with Crippen LogP contribution in [0.15, 0.2) is 52.1 Å². The number of nitrogens with one attached hydrogen (secondary N) is 2. The number of benzene rings is 2. The predicted molar refractivity (Wildman–Crippen MR) is 117 cm³/mol. The van der Waals surface area contributed by atoms with Gasteiger partial charge < -0.3 is 15.5 Å². The summed E-state index contributed by atoms with van der Waals surface area (Å²) in [6.07, 6.45) is 0. The lowest BCUT2D eigenvalue weighted by molar-refractivity contribution is -0.116. The number of ether oxygens (including phenoxy) is 1. The number of methoxy groups -OCH3 is 1. The van der Waals surface area contributed by atoms with Crippen molar-refractivity contribution in [3.63, 3.8) is 0 Å². The Morgan fingerprint density at radius 2 is 2.10 bits per heavy atom. The molecule has 4 rings (SSSR count). The van der Waals surface area contributed by atoms with E-state index in [4.69, 9.17) is 16.3 Å². The van der Waals surface area contributed by atoms with Crippen molar-refractivity contribution in [2.24, 2.45) is 0 Å². The van der Waals surface area contributed by atoms with Gasteiger partial charge in [0.1, 0.15) is 16.8 Å².